The van der Waals surface area contributed by atoms with Crippen LogP contribution in [0.4, 0.5) is 0 Å². The lowest BCUT2D eigenvalue weighted by atomic mass is 9.85. The van der Waals surface area contributed by atoms with Crippen molar-refractivity contribution < 1.29 is 19.5 Å². The van der Waals surface area contributed by atoms with Crippen LogP contribution in [0.3, 0.4) is 0 Å². The molecule has 1 N–H and O–H groups in total. The average Bonchev–Trinajstić information content (AvgIpc) is 2.32. The second-order valence-electron chi connectivity index (χ2n) is 4.49. The van der Waals surface area contributed by atoms with Gasteiger partial charge in [-0.15, -0.1) is 0 Å². The highest BCUT2D eigenvalue weighted by Crippen LogP contribution is 2.26. The highest BCUT2D eigenvalue weighted by molar-refractivity contribution is 6.14. The number of nitrogens with zero attached hydrogens (tertiary/aromatic N) is 1. The van der Waals surface area contributed by atoms with Gasteiger partial charge in [-0.2, -0.15) is 0 Å². The normalized spacial score (nSPS) is 18.5. The summed E-state index contributed by atoms with van der Waals surface area (Å²) in [5.41, 5.74) is -0.691. The van der Waals surface area contributed by atoms with Crippen LogP contribution in [-0.4, -0.2) is 33.8 Å². The van der Waals surface area contributed by atoms with Crippen LogP contribution in [0.1, 0.15) is 20.8 Å². The number of imide groups is 1. The van der Waals surface area contributed by atoms with Gasteiger partial charge in [0.2, 0.25) is 0 Å². The standard InChI is InChI=1S/C10H13NO4/c1-10(2,3)8(9(14)15)11-6(12)4-5-7(11)13/h4-5,8H,1-3H3,(H,14,15)/t8-/m1/s1. The molecule has 1 aliphatic rings. The number of carbonyl (C=O) groups excluding carboxylic acids is 2. The first-order chi connectivity index (χ1) is 6.75. The number of hydrogen-bond acceptors (Lipinski definition) is 3. The molecule has 0 aromatic carbocycles. The Labute approximate surface area is 87.4 Å². The SMILES string of the molecule is CC(C)(C)[C@@H](C(=O)O)N1C(=O)C=CC1=O. The van der Waals surface area contributed by atoms with E-state index in [0.717, 1.165) is 17.1 Å². The second-order valence-corrected chi connectivity index (χ2v) is 4.49. The molecule has 1 heterocycles. The fourth-order valence-corrected chi connectivity index (χ4v) is 1.53. The van der Waals surface area contributed by atoms with E-state index in [2.05, 4.69) is 0 Å². The maximum atomic E-state index is 11.3. The summed E-state index contributed by atoms with van der Waals surface area (Å²) in [5.74, 6) is -2.31. The number of carboxylic acid groups (broad SMARTS) is 1. The summed E-state index contributed by atoms with van der Waals surface area (Å²) in [6.07, 6.45) is 2.17. The molecular weight excluding hydrogens is 198 g/mol. The van der Waals surface area contributed by atoms with Crippen LogP contribution in [0.5, 0.6) is 0 Å². The van der Waals surface area contributed by atoms with E-state index < -0.39 is 29.2 Å². The van der Waals surface area contributed by atoms with E-state index in [1.54, 1.807) is 20.8 Å². The van der Waals surface area contributed by atoms with Gasteiger partial charge >= 0.3 is 5.97 Å². The molecule has 1 aliphatic heterocycles. The minimum absolute atomic E-state index is 0.567. The molecule has 0 fully saturated rings. The monoisotopic (exact) mass is 211 g/mol. The maximum absolute atomic E-state index is 11.3. The molecule has 0 spiro atoms. The number of carboxylic acids is 1. The van der Waals surface area contributed by atoms with Crippen molar-refractivity contribution in [3.8, 4) is 0 Å². The fourth-order valence-electron chi connectivity index (χ4n) is 1.53. The molecule has 0 bridgehead atoms. The van der Waals surface area contributed by atoms with Crippen LogP contribution in [0.2, 0.25) is 0 Å². The Balaban J connectivity index is 3.07. The lowest BCUT2D eigenvalue weighted by molar-refractivity contribution is -0.158. The van der Waals surface area contributed by atoms with Gasteiger partial charge < -0.3 is 5.11 Å². The van der Waals surface area contributed by atoms with Gasteiger partial charge in [-0.25, -0.2) is 4.79 Å². The van der Waals surface area contributed by atoms with E-state index in [1.165, 1.54) is 0 Å². The maximum Gasteiger partial charge on any atom is 0.327 e. The van der Waals surface area contributed by atoms with Crippen molar-refractivity contribution >= 4 is 17.8 Å². The molecule has 0 unspecified atom stereocenters. The van der Waals surface area contributed by atoms with Crippen molar-refractivity contribution in [2.75, 3.05) is 0 Å². The van der Waals surface area contributed by atoms with Crippen LogP contribution >= 0.6 is 0 Å². The molecule has 0 aromatic heterocycles. The summed E-state index contributed by atoms with van der Waals surface area (Å²) in [5, 5.41) is 9.03. The first-order valence-electron chi connectivity index (χ1n) is 4.53. The number of carbonyl (C=O) groups is 3. The van der Waals surface area contributed by atoms with Gasteiger partial charge in [-0.05, 0) is 5.41 Å². The van der Waals surface area contributed by atoms with Gasteiger partial charge in [0, 0.05) is 12.2 Å². The molecule has 1 rings (SSSR count). The smallest absolute Gasteiger partial charge is 0.327 e. The predicted octanol–water partition coefficient (Wildman–Crippen LogP) is 0.411. The predicted molar refractivity (Wildman–Crippen MR) is 51.9 cm³/mol. The highest BCUT2D eigenvalue weighted by atomic mass is 16.4. The minimum atomic E-state index is -1.17. The van der Waals surface area contributed by atoms with Crippen molar-refractivity contribution in [2.45, 2.75) is 26.8 Å². The van der Waals surface area contributed by atoms with Crippen LogP contribution in [0.15, 0.2) is 12.2 Å². The van der Waals surface area contributed by atoms with Crippen LogP contribution in [0, 0.1) is 5.41 Å². The Hall–Kier alpha value is -1.65. The molecule has 5 heteroatoms. The molecular formula is C10H13NO4. The van der Waals surface area contributed by atoms with Gasteiger partial charge in [0.25, 0.3) is 11.8 Å². The Morgan fingerprint density at radius 2 is 1.67 bits per heavy atom. The molecule has 5 nitrogen and oxygen atoms in total. The summed E-state index contributed by atoms with van der Waals surface area (Å²) in [6.45, 7) is 5.01. The Kier molecular flexibility index (Phi) is 2.66. The first kappa shape index (κ1) is 11.4. The zero-order valence-electron chi connectivity index (χ0n) is 8.85. The lowest BCUT2D eigenvalue weighted by Crippen LogP contribution is -2.52. The summed E-state index contributed by atoms with van der Waals surface area (Å²) in [4.78, 5) is 34.5. The Morgan fingerprint density at radius 1 is 1.27 bits per heavy atom. The number of aliphatic carboxylic acids is 1. The third-order valence-electron chi connectivity index (χ3n) is 2.16. The second kappa shape index (κ2) is 3.49. The van der Waals surface area contributed by atoms with Gasteiger partial charge in [0.15, 0.2) is 0 Å². The quantitative estimate of drug-likeness (QED) is 0.671. The van der Waals surface area contributed by atoms with Crippen molar-refractivity contribution in [3.63, 3.8) is 0 Å². The van der Waals surface area contributed by atoms with E-state index >= 15 is 0 Å². The third-order valence-corrected chi connectivity index (χ3v) is 2.16. The first-order valence-corrected chi connectivity index (χ1v) is 4.53. The van der Waals surface area contributed by atoms with Crippen LogP contribution in [0.25, 0.3) is 0 Å². The van der Waals surface area contributed by atoms with Gasteiger partial charge in [0.1, 0.15) is 6.04 Å². The molecule has 2 amide bonds. The summed E-state index contributed by atoms with van der Waals surface area (Å²) in [7, 11) is 0. The van der Waals surface area contributed by atoms with E-state index in [0.29, 0.717) is 0 Å². The van der Waals surface area contributed by atoms with Gasteiger partial charge in [-0.1, -0.05) is 20.8 Å². The minimum Gasteiger partial charge on any atom is -0.480 e. The number of hydrogen-bond donors (Lipinski definition) is 1. The number of amides is 2. The van der Waals surface area contributed by atoms with E-state index in [9.17, 15) is 14.4 Å². The lowest BCUT2D eigenvalue weighted by Gasteiger charge is -2.33. The third kappa shape index (κ3) is 2.06. The van der Waals surface area contributed by atoms with Crippen molar-refractivity contribution in [1.29, 1.82) is 0 Å². The summed E-state index contributed by atoms with van der Waals surface area (Å²) >= 11 is 0. The molecule has 0 saturated heterocycles. The average molecular weight is 211 g/mol. The van der Waals surface area contributed by atoms with E-state index in [1.807, 2.05) is 0 Å². The van der Waals surface area contributed by atoms with E-state index in [-0.39, 0.29) is 0 Å². The van der Waals surface area contributed by atoms with E-state index in [4.69, 9.17) is 5.11 Å². The summed E-state index contributed by atoms with van der Waals surface area (Å²) in [6, 6.07) is -1.13. The van der Waals surface area contributed by atoms with Crippen molar-refractivity contribution in [2.24, 2.45) is 5.41 Å². The largest absolute Gasteiger partial charge is 0.480 e. The van der Waals surface area contributed by atoms with Crippen LogP contribution < -0.4 is 0 Å². The van der Waals surface area contributed by atoms with Crippen LogP contribution in [-0.2, 0) is 14.4 Å². The zero-order chi connectivity index (χ0) is 11.8. The van der Waals surface area contributed by atoms with Gasteiger partial charge in [-0.3, -0.25) is 14.5 Å². The molecule has 0 radical (unpaired) electrons. The zero-order valence-corrected chi connectivity index (χ0v) is 8.85. The molecule has 0 saturated carbocycles. The Bertz CT molecular complexity index is 333. The van der Waals surface area contributed by atoms with Crippen molar-refractivity contribution in [3.05, 3.63) is 12.2 Å². The topological polar surface area (TPSA) is 74.7 Å². The fraction of sp³-hybridized carbons (Fsp3) is 0.500. The van der Waals surface area contributed by atoms with Gasteiger partial charge in [0.05, 0.1) is 0 Å². The molecule has 0 aliphatic carbocycles. The number of rotatable bonds is 2. The molecule has 0 aromatic rings. The van der Waals surface area contributed by atoms with Crippen molar-refractivity contribution in [1.82, 2.24) is 4.90 Å². The summed E-state index contributed by atoms with van der Waals surface area (Å²) < 4.78 is 0. The molecule has 15 heavy (non-hydrogen) atoms. The molecule has 82 valence electrons. The molecule has 1 atom stereocenters. The Morgan fingerprint density at radius 3 is 1.93 bits per heavy atom. The highest BCUT2D eigenvalue weighted by Gasteiger charge is 2.43.